The Hall–Kier alpha value is -0.830. The summed E-state index contributed by atoms with van der Waals surface area (Å²) in [5.41, 5.74) is 1.23. The van der Waals surface area contributed by atoms with Crippen LogP contribution < -0.4 is 5.32 Å². The molecular formula is C14H27N3. The largest absolute Gasteiger partial charge is 0.314 e. The van der Waals surface area contributed by atoms with Gasteiger partial charge in [0.15, 0.2) is 0 Å². The first-order valence-electron chi connectivity index (χ1n) is 6.94. The quantitative estimate of drug-likeness (QED) is 0.752. The first kappa shape index (κ1) is 14.2. The summed E-state index contributed by atoms with van der Waals surface area (Å²) in [6.45, 7) is 9.82. The van der Waals surface area contributed by atoms with Gasteiger partial charge in [-0.1, -0.05) is 13.8 Å². The zero-order chi connectivity index (χ0) is 12.7. The van der Waals surface area contributed by atoms with E-state index >= 15 is 0 Å². The van der Waals surface area contributed by atoms with Gasteiger partial charge in [-0.3, -0.25) is 4.68 Å². The number of nitrogens with zero attached hydrogens (tertiary/aromatic N) is 2. The standard InChI is InChI=1S/C14H27N3/c1-5-13(15-6-2)8-7-9-14-10-11-17(16-14)12(3)4/h10-13,15H,5-9H2,1-4H3. The van der Waals surface area contributed by atoms with Crippen LogP contribution in [0.4, 0.5) is 0 Å². The van der Waals surface area contributed by atoms with Gasteiger partial charge < -0.3 is 5.32 Å². The highest BCUT2D eigenvalue weighted by atomic mass is 15.3. The number of hydrogen-bond donors (Lipinski definition) is 1. The smallest absolute Gasteiger partial charge is 0.0624 e. The van der Waals surface area contributed by atoms with Crippen molar-refractivity contribution in [1.82, 2.24) is 15.1 Å². The molecule has 0 amide bonds. The van der Waals surface area contributed by atoms with E-state index in [9.17, 15) is 0 Å². The normalized spacial score (nSPS) is 13.2. The number of aromatic nitrogens is 2. The van der Waals surface area contributed by atoms with Gasteiger partial charge in [0.25, 0.3) is 0 Å². The summed E-state index contributed by atoms with van der Waals surface area (Å²) in [4.78, 5) is 0. The molecule has 1 heterocycles. The molecule has 0 radical (unpaired) electrons. The maximum Gasteiger partial charge on any atom is 0.0624 e. The Morgan fingerprint density at radius 2 is 2.12 bits per heavy atom. The molecule has 0 aliphatic carbocycles. The van der Waals surface area contributed by atoms with Gasteiger partial charge in [0.2, 0.25) is 0 Å². The molecule has 0 aromatic carbocycles. The highest BCUT2D eigenvalue weighted by Gasteiger charge is 2.06. The molecule has 0 saturated heterocycles. The molecule has 1 unspecified atom stereocenters. The van der Waals surface area contributed by atoms with Crippen LogP contribution in [0.1, 0.15) is 58.7 Å². The summed E-state index contributed by atoms with van der Waals surface area (Å²) < 4.78 is 2.04. The summed E-state index contributed by atoms with van der Waals surface area (Å²) in [5, 5.41) is 8.09. The minimum atomic E-state index is 0.467. The van der Waals surface area contributed by atoms with Crippen LogP contribution in [-0.2, 0) is 6.42 Å². The van der Waals surface area contributed by atoms with Crippen molar-refractivity contribution in [2.75, 3.05) is 6.54 Å². The lowest BCUT2D eigenvalue weighted by Crippen LogP contribution is -2.28. The maximum absolute atomic E-state index is 4.57. The SMILES string of the molecule is CCNC(CC)CCCc1ccn(C(C)C)n1. The second kappa shape index (κ2) is 7.49. The van der Waals surface area contributed by atoms with Crippen molar-refractivity contribution in [3.05, 3.63) is 18.0 Å². The average molecular weight is 237 g/mol. The van der Waals surface area contributed by atoms with Crippen molar-refractivity contribution in [1.29, 1.82) is 0 Å². The first-order valence-corrected chi connectivity index (χ1v) is 6.94. The van der Waals surface area contributed by atoms with E-state index in [1.54, 1.807) is 0 Å². The lowest BCUT2D eigenvalue weighted by atomic mass is 10.1. The Kier molecular flexibility index (Phi) is 6.27. The third-order valence-electron chi connectivity index (χ3n) is 3.16. The zero-order valence-electron chi connectivity index (χ0n) is 11.7. The molecule has 0 aliphatic heterocycles. The van der Waals surface area contributed by atoms with Crippen molar-refractivity contribution in [3.63, 3.8) is 0 Å². The zero-order valence-corrected chi connectivity index (χ0v) is 11.7. The van der Waals surface area contributed by atoms with Crippen molar-refractivity contribution in [2.45, 2.75) is 65.5 Å². The molecular weight excluding hydrogens is 210 g/mol. The Morgan fingerprint density at radius 1 is 1.35 bits per heavy atom. The number of nitrogens with one attached hydrogen (secondary N) is 1. The van der Waals surface area contributed by atoms with E-state index in [4.69, 9.17) is 0 Å². The summed E-state index contributed by atoms with van der Waals surface area (Å²) >= 11 is 0. The highest BCUT2D eigenvalue weighted by molar-refractivity contribution is 4.99. The van der Waals surface area contributed by atoms with Crippen LogP contribution in [0, 0.1) is 0 Å². The molecule has 0 aliphatic rings. The van der Waals surface area contributed by atoms with Gasteiger partial charge in [-0.15, -0.1) is 0 Å². The van der Waals surface area contributed by atoms with Gasteiger partial charge >= 0.3 is 0 Å². The fraction of sp³-hybridized carbons (Fsp3) is 0.786. The Bertz CT molecular complexity index is 304. The number of rotatable bonds is 8. The Labute approximate surface area is 106 Å². The van der Waals surface area contributed by atoms with Gasteiger partial charge in [0.1, 0.15) is 0 Å². The van der Waals surface area contributed by atoms with Gasteiger partial charge in [-0.25, -0.2) is 0 Å². The minimum absolute atomic E-state index is 0.467. The molecule has 1 rings (SSSR count). The summed E-state index contributed by atoms with van der Waals surface area (Å²) in [7, 11) is 0. The van der Waals surface area contributed by atoms with Crippen LogP contribution in [0.25, 0.3) is 0 Å². The molecule has 3 heteroatoms. The molecule has 1 N–H and O–H groups in total. The van der Waals surface area contributed by atoms with Gasteiger partial charge in [-0.05, 0) is 52.1 Å². The molecule has 98 valence electrons. The predicted octanol–water partition coefficient (Wildman–Crippen LogP) is 3.17. The summed E-state index contributed by atoms with van der Waals surface area (Å²) in [6.07, 6.45) is 6.87. The number of aryl methyl sites for hydroxylation is 1. The van der Waals surface area contributed by atoms with Crippen LogP contribution in [-0.4, -0.2) is 22.4 Å². The maximum atomic E-state index is 4.57. The van der Waals surface area contributed by atoms with Crippen LogP contribution in [0.15, 0.2) is 12.3 Å². The van der Waals surface area contributed by atoms with E-state index < -0.39 is 0 Å². The van der Waals surface area contributed by atoms with Gasteiger partial charge in [0.05, 0.1) is 5.69 Å². The topological polar surface area (TPSA) is 29.9 Å². The predicted molar refractivity (Wildman–Crippen MR) is 73.3 cm³/mol. The van der Waals surface area contributed by atoms with Crippen LogP contribution in [0.2, 0.25) is 0 Å². The van der Waals surface area contributed by atoms with E-state index in [0.717, 1.165) is 13.0 Å². The molecule has 1 atom stereocenters. The second-order valence-corrected chi connectivity index (χ2v) is 4.94. The van der Waals surface area contributed by atoms with E-state index in [0.29, 0.717) is 12.1 Å². The molecule has 0 fully saturated rings. The van der Waals surface area contributed by atoms with Crippen molar-refractivity contribution < 1.29 is 0 Å². The molecule has 17 heavy (non-hydrogen) atoms. The number of hydrogen-bond acceptors (Lipinski definition) is 2. The lowest BCUT2D eigenvalue weighted by Gasteiger charge is -2.14. The molecule has 0 saturated carbocycles. The second-order valence-electron chi connectivity index (χ2n) is 4.94. The fourth-order valence-electron chi connectivity index (χ4n) is 2.07. The van der Waals surface area contributed by atoms with Gasteiger partial charge in [-0.2, -0.15) is 5.10 Å². The van der Waals surface area contributed by atoms with Crippen molar-refractivity contribution >= 4 is 0 Å². The Morgan fingerprint density at radius 3 is 2.65 bits per heavy atom. The molecule has 0 spiro atoms. The van der Waals surface area contributed by atoms with Crippen molar-refractivity contribution in [2.24, 2.45) is 0 Å². The lowest BCUT2D eigenvalue weighted by molar-refractivity contribution is 0.463. The monoisotopic (exact) mass is 237 g/mol. The third kappa shape index (κ3) is 4.90. The first-order chi connectivity index (χ1) is 8.17. The Balaban J connectivity index is 2.29. The molecule has 1 aromatic rings. The van der Waals surface area contributed by atoms with Crippen LogP contribution in [0.3, 0.4) is 0 Å². The van der Waals surface area contributed by atoms with E-state index in [-0.39, 0.29) is 0 Å². The van der Waals surface area contributed by atoms with E-state index in [2.05, 4.69) is 50.4 Å². The van der Waals surface area contributed by atoms with Crippen LogP contribution >= 0.6 is 0 Å². The van der Waals surface area contributed by atoms with Crippen LogP contribution in [0.5, 0.6) is 0 Å². The average Bonchev–Trinajstić information content (AvgIpc) is 2.77. The molecule has 0 bridgehead atoms. The van der Waals surface area contributed by atoms with Gasteiger partial charge in [0, 0.05) is 18.3 Å². The molecule has 3 nitrogen and oxygen atoms in total. The van der Waals surface area contributed by atoms with E-state index in [1.807, 2.05) is 4.68 Å². The fourth-order valence-corrected chi connectivity index (χ4v) is 2.07. The van der Waals surface area contributed by atoms with E-state index in [1.165, 1.54) is 25.0 Å². The molecule has 1 aromatic heterocycles. The minimum Gasteiger partial charge on any atom is -0.314 e. The third-order valence-corrected chi connectivity index (χ3v) is 3.16. The summed E-state index contributed by atoms with van der Waals surface area (Å²) in [6, 6.07) is 3.29. The summed E-state index contributed by atoms with van der Waals surface area (Å²) in [5.74, 6) is 0. The highest BCUT2D eigenvalue weighted by Crippen LogP contribution is 2.09. The van der Waals surface area contributed by atoms with Crippen molar-refractivity contribution in [3.8, 4) is 0 Å².